The number of nitrogens with zero attached hydrogens (tertiary/aromatic N) is 1. The molecule has 0 saturated heterocycles. The zero-order valence-corrected chi connectivity index (χ0v) is 17.8. The van der Waals surface area contributed by atoms with Gasteiger partial charge in [0.05, 0.1) is 34.5 Å². The summed E-state index contributed by atoms with van der Waals surface area (Å²) < 4.78 is 27.6. The molecule has 0 aliphatic carbocycles. The number of benzene rings is 2. The molecule has 0 spiro atoms. The van der Waals surface area contributed by atoms with Gasteiger partial charge in [-0.3, -0.25) is 9.78 Å². The molecule has 1 heterocycles. The average molecular weight is 411 g/mol. The van der Waals surface area contributed by atoms with E-state index >= 15 is 0 Å². The van der Waals surface area contributed by atoms with E-state index in [2.05, 4.69) is 4.98 Å². The number of fused-ring (bicyclic) bond motifs is 1. The monoisotopic (exact) mass is 411 g/mol. The molecule has 0 aliphatic rings. The van der Waals surface area contributed by atoms with Gasteiger partial charge in [-0.15, -0.1) is 0 Å². The van der Waals surface area contributed by atoms with Crippen molar-refractivity contribution in [3.63, 3.8) is 0 Å². The van der Waals surface area contributed by atoms with Crippen LogP contribution in [0.15, 0.2) is 36.7 Å². The van der Waals surface area contributed by atoms with Gasteiger partial charge in [-0.05, 0) is 43.5 Å². The number of rotatable bonds is 9. The second-order valence-corrected chi connectivity index (χ2v) is 6.28. The number of methoxy groups -OCH3 is 3. The fourth-order valence-electron chi connectivity index (χ4n) is 3.31. The van der Waals surface area contributed by atoms with Gasteiger partial charge in [0.15, 0.2) is 28.8 Å². The quantitative estimate of drug-likeness (QED) is 0.486. The molecule has 0 amide bonds. The second-order valence-electron chi connectivity index (χ2n) is 6.28. The van der Waals surface area contributed by atoms with Gasteiger partial charge in [0.25, 0.3) is 0 Å². The van der Waals surface area contributed by atoms with E-state index in [-0.39, 0.29) is 5.78 Å². The molecule has 3 rings (SSSR count). The summed E-state index contributed by atoms with van der Waals surface area (Å²) in [5.74, 6) is 2.21. The zero-order chi connectivity index (χ0) is 21.7. The van der Waals surface area contributed by atoms with Crippen molar-refractivity contribution in [1.29, 1.82) is 0 Å². The average Bonchev–Trinajstić information content (AvgIpc) is 2.78. The van der Waals surface area contributed by atoms with E-state index in [1.807, 2.05) is 19.9 Å². The van der Waals surface area contributed by atoms with Crippen molar-refractivity contribution in [2.75, 3.05) is 34.5 Å². The Morgan fingerprint density at radius 2 is 1.47 bits per heavy atom. The van der Waals surface area contributed by atoms with Crippen molar-refractivity contribution in [3.8, 4) is 28.7 Å². The predicted molar refractivity (Wildman–Crippen MR) is 114 cm³/mol. The van der Waals surface area contributed by atoms with Crippen molar-refractivity contribution < 1.29 is 28.5 Å². The molecule has 3 aromatic rings. The number of aromatic nitrogens is 1. The summed E-state index contributed by atoms with van der Waals surface area (Å²) in [5.41, 5.74) is 0.830. The van der Waals surface area contributed by atoms with Crippen molar-refractivity contribution >= 4 is 16.6 Å². The van der Waals surface area contributed by atoms with Gasteiger partial charge in [0, 0.05) is 28.9 Å². The number of hydrogen-bond acceptors (Lipinski definition) is 7. The summed E-state index contributed by atoms with van der Waals surface area (Å²) in [6.45, 7) is 4.70. The molecule has 1 aromatic heterocycles. The summed E-state index contributed by atoms with van der Waals surface area (Å²) in [6.07, 6.45) is 3.20. The standard InChI is InChI=1S/C23H25NO6/c1-6-29-18-9-8-15-16(12-24-13-17(15)22(18)28-5)21(25)14-10-19(26-3)23(30-7-2)20(11-14)27-4/h8-13H,6-7H2,1-5H3. The Balaban J connectivity index is 2.16. The number of carbonyl (C=O) groups excluding carboxylic acids is 1. The molecule has 0 radical (unpaired) electrons. The number of ether oxygens (including phenoxy) is 5. The van der Waals surface area contributed by atoms with Crippen LogP contribution >= 0.6 is 0 Å². The molecule has 0 N–H and O–H groups in total. The van der Waals surface area contributed by atoms with E-state index in [0.29, 0.717) is 63.9 Å². The number of carbonyl (C=O) groups is 1. The third-order valence-corrected chi connectivity index (χ3v) is 4.62. The normalized spacial score (nSPS) is 10.6. The fourth-order valence-corrected chi connectivity index (χ4v) is 3.31. The van der Waals surface area contributed by atoms with Gasteiger partial charge in [0.2, 0.25) is 5.75 Å². The van der Waals surface area contributed by atoms with E-state index in [4.69, 9.17) is 23.7 Å². The molecule has 0 fully saturated rings. The Labute approximate surface area is 175 Å². The van der Waals surface area contributed by atoms with Crippen LogP contribution in [0.2, 0.25) is 0 Å². The highest BCUT2D eigenvalue weighted by Crippen LogP contribution is 2.40. The van der Waals surface area contributed by atoms with Gasteiger partial charge in [-0.2, -0.15) is 0 Å². The summed E-state index contributed by atoms with van der Waals surface area (Å²) in [7, 11) is 4.60. The first-order chi connectivity index (χ1) is 14.6. The molecular weight excluding hydrogens is 386 g/mol. The Hall–Kier alpha value is -3.48. The van der Waals surface area contributed by atoms with Crippen LogP contribution in [-0.2, 0) is 0 Å². The van der Waals surface area contributed by atoms with Gasteiger partial charge < -0.3 is 23.7 Å². The molecule has 0 saturated carbocycles. The van der Waals surface area contributed by atoms with E-state index < -0.39 is 0 Å². The highest BCUT2D eigenvalue weighted by atomic mass is 16.5. The van der Waals surface area contributed by atoms with Crippen LogP contribution in [0.5, 0.6) is 28.7 Å². The molecule has 158 valence electrons. The number of pyridine rings is 1. The maximum atomic E-state index is 13.4. The van der Waals surface area contributed by atoms with Crippen molar-refractivity contribution in [1.82, 2.24) is 4.98 Å². The zero-order valence-electron chi connectivity index (χ0n) is 17.8. The summed E-state index contributed by atoms with van der Waals surface area (Å²) in [5, 5.41) is 1.40. The lowest BCUT2D eigenvalue weighted by molar-refractivity contribution is 0.103. The molecule has 0 aliphatic heterocycles. The maximum Gasteiger partial charge on any atom is 0.203 e. The fraction of sp³-hybridized carbons (Fsp3) is 0.304. The third kappa shape index (κ3) is 3.83. The minimum Gasteiger partial charge on any atom is -0.493 e. The SMILES string of the molecule is CCOc1ccc2c(C(=O)c3cc(OC)c(OCC)c(OC)c3)cncc2c1OC. The summed E-state index contributed by atoms with van der Waals surface area (Å²) in [6, 6.07) is 6.91. The topological polar surface area (TPSA) is 76.1 Å². The lowest BCUT2D eigenvalue weighted by atomic mass is 9.98. The number of hydrogen-bond donors (Lipinski definition) is 0. The first-order valence-electron chi connectivity index (χ1n) is 9.60. The highest BCUT2D eigenvalue weighted by Gasteiger charge is 2.21. The molecular formula is C23H25NO6. The predicted octanol–water partition coefficient (Wildman–Crippen LogP) is 4.29. The van der Waals surface area contributed by atoms with Gasteiger partial charge >= 0.3 is 0 Å². The van der Waals surface area contributed by atoms with Gasteiger partial charge in [0.1, 0.15) is 0 Å². The van der Waals surface area contributed by atoms with Crippen molar-refractivity contribution in [3.05, 3.63) is 47.8 Å². The minimum atomic E-state index is -0.223. The Bertz CT molecular complexity index is 1040. The van der Waals surface area contributed by atoms with E-state index in [1.54, 1.807) is 37.7 Å². The molecule has 7 heteroatoms. The lowest BCUT2D eigenvalue weighted by Crippen LogP contribution is -2.06. The molecule has 0 unspecified atom stereocenters. The Morgan fingerprint density at radius 3 is 2.03 bits per heavy atom. The largest absolute Gasteiger partial charge is 0.493 e. The van der Waals surface area contributed by atoms with E-state index in [9.17, 15) is 4.79 Å². The summed E-state index contributed by atoms with van der Waals surface area (Å²) >= 11 is 0. The third-order valence-electron chi connectivity index (χ3n) is 4.62. The van der Waals surface area contributed by atoms with Crippen LogP contribution < -0.4 is 23.7 Å². The molecule has 2 aromatic carbocycles. The van der Waals surface area contributed by atoms with Crippen LogP contribution in [-0.4, -0.2) is 45.3 Å². The minimum absolute atomic E-state index is 0.223. The first-order valence-corrected chi connectivity index (χ1v) is 9.60. The maximum absolute atomic E-state index is 13.4. The van der Waals surface area contributed by atoms with Crippen LogP contribution in [0.3, 0.4) is 0 Å². The van der Waals surface area contributed by atoms with Crippen molar-refractivity contribution in [2.24, 2.45) is 0 Å². The Morgan fingerprint density at radius 1 is 0.800 bits per heavy atom. The number of ketones is 1. The van der Waals surface area contributed by atoms with Crippen molar-refractivity contribution in [2.45, 2.75) is 13.8 Å². The molecule has 7 nitrogen and oxygen atoms in total. The van der Waals surface area contributed by atoms with Crippen LogP contribution in [0.25, 0.3) is 10.8 Å². The molecule has 0 atom stereocenters. The molecule has 30 heavy (non-hydrogen) atoms. The van der Waals surface area contributed by atoms with Crippen LogP contribution in [0.4, 0.5) is 0 Å². The Kier molecular flexibility index (Phi) is 6.61. The highest BCUT2D eigenvalue weighted by molar-refractivity contribution is 6.17. The lowest BCUT2D eigenvalue weighted by Gasteiger charge is -2.16. The summed E-state index contributed by atoms with van der Waals surface area (Å²) in [4.78, 5) is 17.7. The van der Waals surface area contributed by atoms with Gasteiger partial charge in [-0.1, -0.05) is 0 Å². The van der Waals surface area contributed by atoms with E-state index in [1.165, 1.54) is 14.2 Å². The van der Waals surface area contributed by atoms with Gasteiger partial charge in [-0.25, -0.2) is 0 Å². The molecule has 0 bridgehead atoms. The second kappa shape index (κ2) is 9.35. The van der Waals surface area contributed by atoms with Crippen LogP contribution in [0, 0.1) is 0 Å². The first kappa shape index (κ1) is 21.2. The van der Waals surface area contributed by atoms with Crippen LogP contribution in [0.1, 0.15) is 29.8 Å². The smallest absolute Gasteiger partial charge is 0.203 e. The van der Waals surface area contributed by atoms with E-state index in [0.717, 1.165) is 0 Å².